The van der Waals surface area contributed by atoms with Crippen LogP contribution in [0.15, 0.2) is 12.1 Å². The third-order valence-electron chi connectivity index (χ3n) is 2.97. The molecule has 1 N–H and O–H groups in total. The molecule has 0 spiro atoms. The predicted molar refractivity (Wildman–Crippen MR) is 48.8 cm³/mol. The molecule has 82 valence electrons. The average Bonchev–Trinajstić information content (AvgIpc) is 3.00. The molecule has 0 unspecified atom stereocenters. The molecule has 1 saturated carbocycles. The normalized spacial score (nSPS) is 17.9. The number of aliphatic hydroxyl groups excluding tert-OH is 1. The summed E-state index contributed by atoms with van der Waals surface area (Å²) in [7, 11) is 0. The van der Waals surface area contributed by atoms with Crippen LogP contribution in [0.1, 0.15) is 18.4 Å². The van der Waals surface area contributed by atoms with E-state index >= 15 is 0 Å². The molecule has 1 aromatic carbocycles. The van der Waals surface area contributed by atoms with E-state index in [9.17, 15) is 13.2 Å². The molecule has 0 heterocycles. The maximum Gasteiger partial charge on any atom is 0.194 e. The van der Waals surface area contributed by atoms with E-state index in [0.29, 0.717) is 0 Å². The van der Waals surface area contributed by atoms with Gasteiger partial charge >= 0.3 is 0 Å². The lowest BCUT2D eigenvalue weighted by molar-refractivity contribution is 0.209. The molecular formula is C11H11F3O. The Morgan fingerprint density at radius 3 is 2.33 bits per heavy atom. The number of aliphatic hydroxyl groups is 1. The molecule has 0 bridgehead atoms. The Bertz CT molecular complexity index is 386. The van der Waals surface area contributed by atoms with Gasteiger partial charge in [0.05, 0.1) is 0 Å². The first-order valence-corrected chi connectivity index (χ1v) is 4.81. The zero-order valence-electron chi connectivity index (χ0n) is 8.06. The largest absolute Gasteiger partial charge is 0.396 e. The molecule has 0 aromatic heterocycles. The van der Waals surface area contributed by atoms with Crippen LogP contribution in [0.2, 0.25) is 0 Å². The summed E-state index contributed by atoms with van der Waals surface area (Å²) in [6.45, 7) is -0.0363. The highest BCUT2D eigenvalue weighted by Gasteiger charge is 2.42. The molecule has 1 nitrogen and oxygen atoms in total. The Morgan fingerprint density at radius 2 is 1.80 bits per heavy atom. The summed E-state index contributed by atoms with van der Waals surface area (Å²) in [5.74, 6) is -3.74. The summed E-state index contributed by atoms with van der Waals surface area (Å²) in [5.41, 5.74) is -0.161. The van der Waals surface area contributed by atoms with Gasteiger partial charge in [0, 0.05) is 6.61 Å². The molecule has 0 saturated heterocycles. The van der Waals surface area contributed by atoms with Crippen molar-refractivity contribution in [2.45, 2.75) is 19.3 Å². The first-order chi connectivity index (χ1) is 7.08. The fourth-order valence-corrected chi connectivity index (χ4v) is 1.67. The van der Waals surface area contributed by atoms with E-state index in [2.05, 4.69) is 0 Å². The van der Waals surface area contributed by atoms with Crippen LogP contribution < -0.4 is 0 Å². The number of rotatable bonds is 3. The van der Waals surface area contributed by atoms with Crippen molar-refractivity contribution in [3.05, 3.63) is 35.1 Å². The van der Waals surface area contributed by atoms with Crippen molar-refractivity contribution >= 4 is 0 Å². The molecule has 1 aromatic rings. The topological polar surface area (TPSA) is 20.2 Å². The van der Waals surface area contributed by atoms with E-state index in [1.807, 2.05) is 0 Å². The second-order valence-electron chi connectivity index (χ2n) is 4.17. The third kappa shape index (κ3) is 1.86. The summed E-state index contributed by atoms with van der Waals surface area (Å²) in [4.78, 5) is 0. The van der Waals surface area contributed by atoms with Crippen LogP contribution in [-0.4, -0.2) is 11.7 Å². The molecule has 1 fully saturated rings. The molecule has 15 heavy (non-hydrogen) atoms. The minimum absolute atomic E-state index is 0.0363. The Morgan fingerprint density at radius 1 is 1.13 bits per heavy atom. The van der Waals surface area contributed by atoms with Crippen molar-refractivity contribution in [1.82, 2.24) is 0 Å². The van der Waals surface area contributed by atoms with E-state index < -0.39 is 17.5 Å². The van der Waals surface area contributed by atoms with Gasteiger partial charge in [-0.3, -0.25) is 0 Å². The van der Waals surface area contributed by atoms with Crippen LogP contribution in [0, 0.1) is 22.9 Å². The summed E-state index contributed by atoms with van der Waals surface area (Å²) < 4.78 is 38.8. The lowest BCUT2D eigenvalue weighted by Gasteiger charge is -2.12. The van der Waals surface area contributed by atoms with E-state index in [-0.39, 0.29) is 24.0 Å². The lowest BCUT2D eigenvalue weighted by atomic mass is 9.97. The molecule has 0 atom stereocenters. The van der Waals surface area contributed by atoms with Gasteiger partial charge in [-0.1, -0.05) is 6.07 Å². The third-order valence-corrected chi connectivity index (χ3v) is 2.97. The Hall–Kier alpha value is -1.03. The summed E-state index contributed by atoms with van der Waals surface area (Å²) in [6, 6.07) is 2.16. The van der Waals surface area contributed by atoms with Gasteiger partial charge in [-0.25, -0.2) is 13.2 Å². The second-order valence-corrected chi connectivity index (χ2v) is 4.17. The van der Waals surface area contributed by atoms with Crippen molar-refractivity contribution in [3.63, 3.8) is 0 Å². The molecule has 0 radical (unpaired) electrons. The van der Waals surface area contributed by atoms with Gasteiger partial charge in [0.2, 0.25) is 0 Å². The summed E-state index contributed by atoms with van der Waals surface area (Å²) >= 11 is 0. The average molecular weight is 216 g/mol. The van der Waals surface area contributed by atoms with E-state index in [1.54, 1.807) is 0 Å². The number of halogens is 3. The quantitative estimate of drug-likeness (QED) is 0.769. The van der Waals surface area contributed by atoms with Gasteiger partial charge in [0.1, 0.15) is 0 Å². The molecule has 0 amide bonds. The molecular weight excluding hydrogens is 205 g/mol. The highest BCUT2D eigenvalue weighted by molar-refractivity contribution is 5.23. The number of hydrogen-bond donors (Lipinski definition) is 1. The molecule has 1 aliphatic carbocycles. The Labute approximate surface area is 85.5 Å². The van der Waals surface area contributed by atoms with Crippen LogP contribution >= 0.6 is 0 Å². The first kappa shape index (κ1) is 10.5. The number of hydrogen-bond acceptors (Lipinski definition) is 1. The van der Waals surface area contributed by atoms with E-state index in [0.717, 1.165) is 18.9 Å². The highest BCUT2D eigenvalue weighted by atomic mass is 19.2. The van der Waals surface area contributed by atoms with Gasteiger partial charge in [0.25, 0.3) is 0 Å². The SMILES string of the molecule is OCC1(Cc2ccc(F)c(F)c2F)CC1. The summed E-state index contributed by atoms with van der Waals surface area (Å²) in [6.07, 6.45) is 1.89. The van der Waals surface area contributed by atoms with Crippen molar-refractivity contribution in [2.24, 2.45) is 5.41 Å². The minimum Gasteiger partial charge on any atom is -0.396 e. The van der Waals surface area contributed by atoms with E-state index in [1.165, 1.54) is 6.07 Å². The van der Waals surface area contributed by atoms with Gasteiger partial charge in [0.15, 0.2) is 17.5 Å². The van der Waals surface area contributed by atoms with Crippen molar-refractivity contribution < 1.29 is 18.3 Å². The van der Waals surface area contributed by atoms with Gasteiger partial charge in [-0.15, -0.1) is 0 Å². The number of benzene rings is 1. The fraction of sp³-hybridized carbons (Fsp3) is 0.455. The maximum absolute atomic E-state index is 13.3. The maximum atomic E-state index is 13.3. The molecule has 2 rings (SSSR count). The lowest BCUT2D eigenvalue weighted by Crippen LogP contribution is -2.12. The van der Waals surface area contributed by atoms with Crippen LogP contribution in [-0.2, 0) is 6.42 Å². The molecule has 1 aliphatic rings. The van der Waals surface area contributed by atoms with Crippen LogP contribution in [0.5, 0.6) is 0 Å². The fourth-order valence-electron chi connectivity index (χ4n) is 1.67. The van der Waals surface area contributed by atoms with Crippen LogP contribution in [0.25, 0.3) is 0 Å². The smallest absolute Gasteiger partial charge is 0.194 e. The van der Waals surface area contributed by atoms with E-state index in [4.69, 9.17) is 5.11 Å². The zero-order chi connectivity index (χ0) is 11.1. The Balaban J connectivity index is 2.26. The zero-order valence-corrected chi connectivity index (χ0v) is 8.06. The van der Waals surface area contributed by atoms with Crippen molar-refractivity contribution in [2.75, 3.05) is 6.61 Å². The predicted octanol–water partition coefficient (Wildman–Crippen LogP) is 2.42. The van der Waals surface area contributed by atoms with Crippen molar-refractivity contribution in [1.29, 1.82) is 0 Å². The Kier molecular flexibility index (Phi) is 2.46. The first-order valence-electron chi connectivity index (χ1n) is 4.81. The monoisotopic (exact) mass is 216 g/mol. The standard InChI is InChI=1S/C11H11F3O/c12-8-2-1-7(9(13)10(8)14)5-11(6-15)3-4-11/h1-2,15H,3-6H2. The van der Waals surface area contributed by atoms with Crippen molar-refractivity contribution in [3.8, 4) is 0 Å². The van der Waals surface area contributed by atoms with Crippen LogP contribution in [0.3, 0.4) is 0 Å². The minimum atomic E-state index is -1.43. The molecule has 0 aliphatic heterocycles. The highest BCUT2D eigenvalue weighted by Crippen LogP contribution is 2.48. The van der Waals surface area contributed by atoms with Gasteiger partial charge in [-0.2, -0.15) is 0 Å². The second kappa shape index (κ2) is 3.52. The van der Waals surface area contributed by atoms with Gasteiger partial charge < -0.3 is 5.11 Å². The van der Waals surface area contributed by atoms with Gasteiger partial charge in [-0.05, 0) is 36.3 Å². The van der Waals surface area contributed by atoms with Crippen LogP contribution in [0.4, 0.5) is 13.2 Å². The molecule has 4 heteroatoms. The summed E-state index contributed by atoms with van der Waals surface area (Å²) in [5, 5.41) is 9.04.